The minimum Gasteiger partial charge on any atom is -0.392 e. The Hall–Kier alpha value is -1.86. The van der Waals surface area contributed by atoms with E-state index in [9.17, 15) is 14.7 Å². The molecule has 2 unspecified atom stereocenters. The molecule has 0 aliphatic carbocycles. The fraction of sp³-hybridized carbons (Fsp3) is 0.647. The number of hydrogen-bond acceptors (Lipinski definition) is 4. The molecule has 24 heavy (non-hydrogen) atoms. The standard InChI is InChI=1S/C17H28N4O3/c1-12(23)20-15(17(24)18-2)5-3-4-8-19-14-7-10-21-9-6-13(11-22)16(14)21/h6,9,14-15,19,22H,3-5,7-8,10-11H2,1-2H3,(H,18,24)(H,20,23). The van der Waals surface area contributed by atoms with Gasteiger partial charge in [-0.25, -0.2) is 0 Å². The van der Waals surface area contributed by atoms with Crippen molar-refractivity contribution < 1.29 is 14.7 Å². The van der Waals surface area contributed by atoms with Gasteiger partial charge in [-0.05, 0) is 43.9 Å². The van der Waals surface area contributed by atoms with Crippen molar-refractivity contribution in [2.45, 2.75) is 57.8 Å². The first-order valence-corrected chi connectivity index (χ1v) is 8.57. The Bertz CT molecular complexity index is 570. The fourth-order valence-corrected chi connectivity index (χ4v) is 3.32. The summed E-state index contributed by atoms with van der Waals surface area (Å²) in [5.41, 5.74) is 2.19. The van der Waals surface area contributed by atoms with Crippen molar-refractivity contribution in [2.24, 2.45) is 0 Å². The molecular weight excluding hydrogens is 308 g/mol. The Morgan fingerprint density at radius 1 is 1.42 bits per heavy atom. The highest BCUT2D eigenvalue weighted by Crippen LogP contribution is 2.29. The lowest BCUT2D eigenvalue weighted by Crippen LogP contribution is -2.44. The van der Waals surface area contributed by atoms with Gasteiger partial charge in [0.1, 0.15) is 6.04 Å². The van der Waals surface area contributed by atoms with Gasteiger partial charge in [0.05, 0.1) is 6.61 Å². The van der Waals surface area contributed by atoms with Crippen molar-refractivity contribution in [3.63, 3.8) is 0 Å². The molecule has 2 amide bonds. The average Bonchev–Trinajstić information content (AvgIpc) is 3.14. The second-order valence-corrected chi connectivity index (χ2v) is 6.24. The van der Waals surface area contributed by atoms with Gasteiger partial charge >= 0.3 is 0 Å². The lowest BCUT2D eigenvalue weighted by molar-refractivity contribution is -0.127. The summed E-state index contributed by atoms with van der Waals surface area (Å²) in [5, 5.41) is 18.2. The van der Waals surface area contributed by atoms with Crippen molar-refractivity contribution >= 4 is 11.8 Å². The van der Waals surface area contributed by atoms with Crippen molar-refractivity contribution in [3.05, 3.63) is 23.5 Å². The molecule has 0 saturated heterocycles. The molecule has 2 atom stereocenters. The number of nitrogens with zero attached hydrogens (tertiary/aromatic N) is 1. The molecule has 0 spiro atoms. The third-order valence-electron chi connectivity index (χ3n) is 4.50. The van der Waals surface area contributed by atoms with Crippen LogP contribution in [0.4, 0.5) is 0 Å². The minimum atomic E-state index is -0.461. The van der Waals surface area contributed by atoms with E-state index >= 15 is 0 Å². The maximum Gasteiger partial charge on any atom is 0.242 e. The van der Waals surface area contributed by atoms with Crippen LogP contribution in [0.1, 0.15) is 49.9 Å². The molecule has 0 radical (unpaired) electrons. The van der Waals surface area contributed by atoms with Crippen molar-refractivity contribution in [1.82, 2.24) is 20.5 Å². The van der Waals surface area contributed by atoms with Crippen molar-refractivity contribution in [1.29, 1.82) is 0 Å². The SMILES string of the molecule is CNC(=O)C(CCCCNC1CCn2ccc(CO)c21)NC(C)=O. The zero-order valence-electron chi connectivity index (χ0n) is 14.5. The Morgan fingerprint density at radius 2 is 2.21 bits per heavy atom. The number of rotatable bonds is 9. The van der Waals surface area contributed by atoms with E-state index in [0.29, 0.717) is 6.42 Å². The van der Waals surface area contributed by atoms with Crippen molar-refractivity contribution in [3.8, 4) is 0 Å². The Labute approximate surface area is 142 Å². The van der Waals surface area contributed by atoms with Gasteiger partial charge in [-0.1, -0.05) is 0 Å². The van der Waals surface area contributed by atoms with E-state index in [-0.39, 0.29) is 24.5 Å². The van der Waals surface area contributed by atoms with Gasteiger partial charge in [-0.15, -0.1) is 0 Å². The van der Waals surface area contributed by atoms with E-state index in [1.54, 1.807) is 7.05 Å². The number of nitrogens with one attached hydrogen (secondary N) is 3. The van der Waals surface area contributed by atoms with E-state index in [2.05, 4.69) is 20.5 Å². The van der Waals surface area contributed by atoms with Gasteiger partial charge in [-0.3, -0.25) is 9.59 Å². The molecule has 0 saturated carbocycles. The number of unbranched alkanes of at least 4 members (excludes halogenated alkanes) is 1. The molecule has 0 bridgehead atoms. The summed E-state index contributed by atoms with van der Waals surface area (Å²) in [6.45, 7) is 3.33. The molecule has 2 rings (SSSR count). The predicted octanol–water partition coefficient (Wildman–Crippen LogP) is 0.436. The van der Waals surface area contributed by atoms with Crippen LogP contribution in [-0.2, 0) is 22.7 Å². The van der Waals surface area contributed by atoms with Crippen LogP contribution in [-0.4, -0.2) is 41.1 Å². The predicted molar refractivity (Wildman–Crippen MR) is 91.2 cm³/mol. The highest BCUT2D eigenvalue weighted by Gasteiger charge is 2.24. The number of aromatic nitrogens is 1. The number of fused-ring (bicyclic) bond motifs is 1. The first-order chi connectivity index (χ1) is 11.6. The van der Waals surface area contributed by atoms with Gasteiger partial charge in [0.2, 0.25) is 11.8 Å². The van der Waals surface area contributed by atoms with Crippen LogP contribution in [0.25, 0.3) is 0 Å². The molecule has 0 fully saturated rings. The summed E-state index contributed by atoms with van der Waals surface area (Å²) >= 11 is 0. The largest absolute Gasteiger partial charge is 0.392 e. The fourth-order valence-electron chi connectivity index (χ4n) is 3.32. The third kappa shape index (κ3) is 4.58. The third-order valence-corrected chi connectivity index (χ3v) is 4.50. The molecule has 7 heteroatoms. The number of hydrogen-bond donors (Lipinski definition) is 4. The second kappa shape index (κ2) is 8.84. The quantitative estimate of drug-likeness (QED) is 0.492. The highest BCUT2D eigenvalue weighted by molar-refractivity contribution is 5.86. The number of carbonyl (C=O) groups excluding carboxylic acids is 2. The number of aliphatic hydroxyl groups is 1. The van der Waals surface area contributed by atoms with Crippen molar-refractivity contribution in [2.75, 3.05) is 13.6 Å². The van der Waals surface area contributed by atoms with Crippen LogP contribution in [0.3, 0.4) is 0 Å². The van der Waals surface area contributed by atoms with E-state index in [1.165, 1.54) is 12.6 Å². The van der Waals surface area contributed by atoms with Gasteiger partial charge in [0, 0.05) is 38.4 Å². The molecule has 1 aliphatic heterocycles. The molecule has 4 N–H and O–H groups in total. The number of aryl methyl sites for hydroxylation is 1. The van der Waals surface area contributed by atoms with Gasteiger partial charge in [-0.2, -0.15) is 0 Å². The zero-order valence-corrected chi connectivity index (χ0v) is 14.5. The van der Waals surface area contributed by atoms with Gasteiger partial charge in [0.25, 0.3) is 0 Å². The Balaban J connectivity index is 1.73. The first kappa shape index (κ1) is 18.5. The van der Waals surface area contributed by atoms with E-state index in [0.717, 1.165) is 37.9 Å². The topological polar surface area (TPSA) is 95.4 Å². The zero-order chi connectivity index (χ0) is 17.5. The average molecular weight is 336 g/mol. The van der Waals surface area contributed by atoms with E-state index < -0.39 is 6.04 Å². The Morgan fingerprint density at radius 3 is 2.88 bits per heavy atom. The molecule has 1 aliphatic rings. The number of aliphatic hydroxyl groups excluding tert-OH is 1. The van der Waals surface area contributed by atoms with Crippen LogP contribution < -0.4 is 16.0 Å². The normalized spacial score (nSPS) is 17.4. The number of amides is 2. The molecule has 134 valence electrons. The molecule has 1 aromatic rings. The van der Waals surface area contributed by atoms with Crippen LogP contribution in [0.2, 0.25) is 0 Å². The van der Waals surface area contributed by atoms with E-state index in [1.807, 2.05) is 12.3 Å². The van der Waals surface area contributed by atoms with E-state index in [4.69, 9.17) is 0 Å². The first-order valence-electron chi connectivity index (χ1n) is 8.57. The minimum absolute atomic E-state index is 0.0744. The lowest BCUT2D eigenvalue weighted by Gasteiger charge is -2.17. The summed E-state index contributed by atoms with van der Waals surface area (Å²) in [7, 11) is 1.58. The number of likely N-dealkylation sites (N-methyl/N-ethyl adjacent to an activating group) is 1. The summed E-state index contributed by atoms with van der Waals surface area (Å²) in [4.78, 5) is 22.9. The molecule has 2 heterocycles. The summed E-state index contributed by atoms with van der Waals surface area (Å²) < 4.78 is 2.20. The lowest BCUT2D eigenvalue weighted by atomic mass is 10.1. The van der Waals surface area contributed by atoms with Crippen LogP contribution in [0.5, 0.6) is 0 Å². The van der Waals surface area contributed by atoms with Gasteiger partial charge in [0.15, 0.2) is 0 Å². The highest BCUT2D eigenvalue weighted by atomic mass is 16.3. The Kier molecular flexibility index (Phi) is 6.81. The summed E-state index contributed by atoms with van der Waals surface area (Å²) in [6, 6.07) is 1.80. The maximum atomic E-state index is 11.7. The molecular formula is C17H28N4O3. The second-order valence-electron chi connectivity index (χ2n) is 6.24. The smallest absolute Gasteiger partial charge is 0.242 e. The molecule has 7 nitrogen and oxygen atoms in total. The number of carbonyl (C=O) groups is 2. The van der Waals surface area contributed by atoms with Gasteiger partial charge < -0.3 is 25.6 Å². The van der Waals surface area contributed by atoms with Crippen LogP contribution >= 0.6 is 0 Å². The van der Waals surface area contributed by atoms with Crippen LogP contribution in [0, 0.1) is 0 Å². The molecule has 1 aromatic heterocycles. The summed E-state index contributed by atoms with van der Waals surface area (Å²) in [5.74, 6) is -0.343. The molecule has 0 aromatic carbocycles. The monoisotopic (exact) mass is 336 g/mol. The maximum absolute atomic E-state index is 11.7. The summed E-state index contributed by atoms with van der Waals surface area (Å²) in [6.07, 6.45) is 5.48. The van der Waals surface area contributed by atoms with Crippen LogP contribution in [0.15, 0.2) is 12.3 Å².